The van der Waals surface area contributed by atoms with Crippen LogP contribution in [0.15, 0.2) is 71.1 Å². The maximum absolute atomic E-state index is 14.9. The van der Waals surface area contributed by atoms with Gasteiger partial charge in [-0.05, 0) is 48.4 Å². The van der Waals surface area contributed by atoms with Crippen molar-refractivity contribution >= 4 is 41.1 Å². The third-order valence-electron chi connectivity index (χ3n) is 6.93. The molecule has 2 N–H and O–H groups in total. The largest absolute Gasteiger partial charge is 0.453 e. The molecule has 1 aromatic heterocycles. The third-order valence-corrected chi connectivity index (χ3v) is 7.22. The number of nitrogens with one attached hydrogen (secondary N) is 2. The lowest BCUT2D eigenvalue weighted by Crippen LogP contribution is -2.35. The van der Waals surface area contributed by atoms with Gasteiger partial charge < -0.3 is 18.8 Å². The first-order chi connectivity index (χ1) is 20.7. The fraction of sp³-hybridized carbons (Fsp3) is 0.233. The molecule has 0 saturated heterocycles. The van der Waals surface area contributed by atoms with Crippen LogP contribution in [0.25, 0.3) is 11.5 Å². The van der Waals surface area contributed by atoms with E-state index in [9.17, 15) is 18.8 Å². The number of cyclic esters (lactones) is 1. The number of nitrogens with zero attached hydrogens (tertiary/aromatic N) is 3. The summed E-state index contributed by atoms with van der Waals surface area (Å²) in [7, 11) is 2.87. The van der Waals surface area contributed by atoms with E-state index in [0.717, 1.165) is 5.56 Å². The van der Waals surface area contributed by atoms with Gasteiger partial charge in [-0.15, -0.1) is 10.2 Å². The number of carbonyl (C=O) groups is 3. The van der Waals surface area contributed by atoms with E-state index < -0.39 is 30.0 Å². The molecule has 0 fully saturated rings. The standard InChI is InChI=1S/C30H27ClFN5O6/c1-37(15-14-23-24-22(34-30(40)42-23)13-12-21(31)25(24)32)28(38)20(16-17-6-4-3-5-7-17)27-36-35-26(43-27)18-8-10-19(11-9-18)33-29(39)41-2/h3-13,20,23H,14-16H2,1-2H3,(H,33,39)(H,34,40). The molecule has 2 atom stereocenters. The summed E-state index contributed by atoms with van der Waals surface area (Å²) in [6, 6.07) is 18.9. The zero-order valence-corrected chi connectivity index (χ0v) is 23.9. The number of fused-ring (bicyclic) bond motifs is 1. The molecule has 4 aromatic rings. The molecule has 13 heteroatoms. The van der Waals surface area contributed by atoms with E-state index in [1.54, 1.807) is 31.3 Å². The second kappa shape index (κ2) is 12.9. The van der Waals surface area contributed by atoms with E-state index in [-0.39, 0.29) is 53.3 Å². The monoisotopic (exact) mass is 607 g/mol. The van der Waals surface area contributed by atoms with Crippen molar-refractivity contribution in [2.75, 3.05) is 31.3 Å². The van der Waals surface area contributed by atoms with E-state index in [1.807, 2.05) is 30.3 Å². The smallest absolute Gasteiger partial charge is 0.412 e. The Labute approximate surface area is 250 Å². The van der Waals surface area contributed by atoms with Crippen LogP contribution in [0.4, 0.5) is 25.4 Å². The molecule has 2 unspecified atom stereocenters. The van der Waals surface area contributed by atoms with Crippen molar-refractivity contribution in [2.45, 2.75) is 24.9 Å². The van der Waals surface area contributed by atoms with Gasteiger partial charge in [0.15, 0.2) is 5.82 Å². The van der Waals surface area contributed by atoms with Crippen LogP contribution in [-0.2, 0) is 20.7 Å². The summed E-state index contributed by atoms with van der Waals surface area (Å²) in [5.41, 5.74) is 2.37. The second-order valence-corrected chi connectivity index (χ2v) is 10.2. The Morgan fingerprint density at radius 3 is 2.58 bits per heavy atom. The molecular weight excluding hydrogens is 581 g/mol. The molecule has 1 aliphatic heterocycles. The zero-order chi connectivity index (χ0) is 30.5. The Balaban J connectivity index is 1.35. The van der Waals surface area contributed by atoms with Crippen LogP contribution in [0.2, 0.25) is 5.02 Å². The molecule has 3 amide bonds. The number of hydrogen-bond acceptors (Lipinski definition) is 8. The maximum atomic E-state index is 14.9. The SMILES string of the molecule is COC(=O)Nc1ccc(-c2nnc(C(Cc3ccccc3)C(=O)N(C)CCC3OC(=O)Nc4ccc(Cl)c(F)c43)o2)cc1. The molecule has 1 aliphatic rings. The Hall–Kier alpha value is -4.97. The highest BCUT2D eigenvalue weighted by molar-refractivity contribution is 6.31. The highest BCUT2D eigenvalue weighted by atomic mass is 35.5. The molecular formula is C30H27ClFN5O6. The summed E-state index contributed by atoms with van der Waals surface area (Å²) in [5.74, 6) is -1.53. The van der Waals surface area contributed by atoms with Crippen molar-refractivity contribution in [1.82, 2.24) is 15.1 Å². The van der Waals surface area contributed by atoms with E-state index in [0.29, 0.717) is 11.3 Å². The number of rotatable bonds is 9. The van der Waals surface area contributed by atoms with Crippen LogP contribution in [0.5, 0.6) is 0 Å². The lowest BCUT2D eigenvalue weighted by Gasteiger charge is -2.29. The normalized spacial score (nSPS) is 14.6. The lowest BCUT2D eigenvalue weighted by atomic mass is 9.97. The number of methoxy groups -OCH3 is 1. The van der Waals surface area contributed by atoms with Crippen LogP contribution >= 0.6 is 11.6 Å². The molecule has 5 rings (SSSR count). The molecule has 0 spiro atoms. The number of aromatic nitrogens is 2. The lowest BCUT2D eigenvalue weighted by molar-refractivity contribution is -0.132. The Morgan fingerprint density at radius 1 is 1.12 bits per heavy atom. The van der Waals surface area contributed by atoms with Crippen LogP contribution in [-0.4, -0.2) is 53.9 Å². The van der Waals surface area contributed by atoms with Gasteiger partial charge in [0.25, 0.3) is 0 Å². The van der Waals surface area contributed by atoms with Crippen LogP contribution in [0, 0.1) is 5.82 Å². The molecule has 11 nitrogen and oxygen atoms in total. The van der Waals surface area contributed by atoms with Gasteiger partial charge in [-0.1, -0.05) is 41.9 Å². The first kappa shape index (κ1) is 29.5. The number of ether oxygens (including phenoxy) is 2. The van der Waals surface area contributed by atoms with Gasteiger partial charge in [-0.2, -0.15) is 0 Å². The van der Waals surface area contributed by atoms with Crippen LogP contribution < -0.4 is 10.6 Å². The van der Waals surface area contributed by atoms with Crippen molar-refractivity contribution in [3.63, 3.8) is 0 Å². The number of halogens is 2. The van der Waals surface area contributed by atoms with E-state index in [2.05, 4.69) is 25.6 Å². The fourth-order valence-corrected chi connectivity index (χ4v) is 4.86. The fourth-order valence-electron chi connectivity index (χ4n) is 4.70. The first-order valence-electron chi connectivity index (χ1n) is 13.3. The molecule has 0 radical (unpaired) electrons. The minimum Gasteiger partial charge on any atom is -0.453 e. The predicted molar refractivity (Wildman–Crippen MR) is 155 cm³/mol. The quantitative estimate of drug-likeness (QED) is 0.230. The number of carbonyl (C=O) groups excluding carboxylic acids is 3. The van der Waals surface area contributed by atoms with Crippen molar-refractivity contribution in [1.29, 1.82) is 0 Å². The summed E-state index contributed by atoms with van der Waals surface area (Å²) in [6.45, 7) is 0.128. The maximum Gasteiger partial charge on any atom is 0.412 e. The average Bonchev–Trinajstić information content (AvgIpc) is 3.50. The summed E-state index contributed by atoms with van der Waals surface area (Å²) in [6.07, 6.45) is -1.86. The minimum absolute atomic E-state index is 0.0996. The van der Waals surface area contributed by atoms with Crippen LogP contribution in [0.3, 0.4) is 0 Å². The van der Waals surface area contributed by atoms with Gasteiger partial charge in [0.05, 0.1) is 23.4 Å². The van der Waals surface area contributed by atoms with Crippen molar-refractivity contribution < 1.29 is 32.7 Å². The summed E-state index contributed by atoms with van der Waals surface area (Å²) in [4.78, 5) is 38.8. The van der Waals surface area contributed by atoms with Gasteiger partial charge in [-0.3, -0.25) is 15.4 Å². The number of likely N-dealkylation sites (N-methyl/N-ethyl adjacent to an activating group) is 1. The topological polar surface area (TPSA) is 136 Å². The Morgan fingerprint density at radius 2 is 1.86 bits per heavy atom. The second-order valence-electron chi connectivity index (χ2n) is 9.77. The van der Waals surface area contributed by atoms with Gasteiger partial charge in [0.2, 0.25) is 17.7 Å². The van der Waals surface area contributed by atoms with Crippen LogP contribution in [0.1, 0.15) is 35.5 Å². The third kappa shape index (κ3) is 6.75. The van der Waals surface area contributed by atoms with Crippen molar-refractivity contribution in [3.8, 4) is 11.5 Å². The molecule has 0 bridgehead atoms. The first-order valence-corrected chi connectivity index (χ1v) is 13.6. The summed E-state index contributed by atoms with van der Waals surface area (Å²) in [5, 5.41) is 13.3. The zero-order valence-electron chi connectivity index (χ0n) is 23.2. The predicted octanol–water partition coefficient (Wildman–Crippen LogP) is 6.19. The molecule has 2 heterocycles. The number of amides is 3. The van der Waals surface area contributed by atoms with Crippen molar-refractivity contribution in [3.05, 3.63) is 94.6 Å². The van der Waals surface area contributed by atoms with Crippen molar-refractivity contribution in [2.24, 2.45) is 0 Å². The van der Waals surface area contributed by atoms with Gasteiger partial charge in [0, 0.05) is 31.3 Å². The molecule has 43 heavy (non-hydrogen) atoms. The highest BCUT2D eigenvalue weighted by Gasteiger charge is 2.33. The number of benzene rings is 3. The number of anilines is 2. The molecule has 3 aromatic carbocycles. The summed E-state index contributed by atoms with van der Waals surface area (Å²) >= 11 is 5.97. The summed E-state index contributed by atoms with van der Waals surface area (Å²) < 4.78 is 30.8. The Kier molecular flexibility index (Phi) is 8.86. The molecule has 0 aliphatic carbocycles. The number of hydrogen-bond donors (Lipinski definition) is 2. The van der Waals surface area contributed by atoms with Gasteiger partial charge >= 0.3 is 12.2 Å². The average molecular weight is 608 g/mol. The van der Waals surface area contributed by atoms with E-state index in [4.69, 9.17) is 20.8 Å². The highest BCUT2D eigenvalue weighted by Crippen LogP contribution is 2.38. The molecule has 222 valence electrons. The molecule has 0 saturated carbocycles. The minimum atomic E-state index is -0.947. The van der Waals surface area contributed by atoms with Gasteiger partial charge in [-0.25, -0.2) is 14.0 Å². The van der Waals surface area contributed by atoms with E-state index >= 15 is 0 Å². The van der Waals surface area contributed by atoms with E-state index in [1.165, 1.54) is 24.1 Å². The van der Waals surface area contributed by atoms with Gasteiger partial charge in [0.1, 0.15) is 12.0 Å². The Bertz CT molecular complexity index is 1630.